The molecule has 1 N–H and O–H groups in total. The van der Waals surface area contributed by atoms with Crippen molar-refractivity contribution in [3.63, 3.8) is 0 Å². The molecule has 2 saturated heterocycles. The molecule has 3 heterocycles. The van der Waals surface area contributed by atoms with E-state index in [-0.39, 0.29) is 5.91 Å². The van der Waals surface area contributed by atoms with Gasteiger partial charge in [0.1, 0.15) is 4.32 Å². The van der Waals surface area contributed by atoms with Crippen LogP contribution in [0, 0.1) is 13.8 Å². The van der Waals surface area contributed by atoms with E-state index in [2.05, 4.69) is 29.8 Å². The second-order valence-corrected chi connectivity index (χ2v) is 7.14. The number of hydrogen-bond acceptors (Lipinski definition) is 4. The van der Waals surface area contributed by atoms with Crippen LogP contribution < -0.4 is 5.32 Å². The molecular weight excluding hydrogens is 304 g/mol. The molecule has 0 aliphatic carbocycles. The Morgan fingerprint density at radius 3 is 3.00 bits per heavy atom. The first-order valence-corrected chi connectivity index (χ1v) is 8.30. The highest BCUT2D eigenvalue weighted by Gasteiger charge is 2.23. The number of thioether (sulfide) groups is 1. The van der Waals surface area contributed by atoms with Crippen LogP contribution >= 0.6 is 24.0 Å². The largest absolute Gasteiger partial charge is 0.376 e. The predicted octanol–water partition coefficient (Wildman–Crippen LogP) is 2.77. The molecule has 0 saturated carbocycles. The number of aromatic nitrogens is 1. The standard InChI is InChI=1S/C15H18N2O2S2/c1-9-6-11(7-13-14(18)16-15(20)21-13)10(2)17(9)8-12-4-3-5-19-12/h6-7,12H,3-5,8H2,1-2H3,(H,16,18,20)/b13-7-/t12-/m0/s1. The molecule has 1 amide bonds. The number of nitrogens with one attached hydrogen (secondary N) is 1. The minimum atomic E-state index is -0.103. The number of hydrogen-bond donors (Lipinski definition) is 1. The summed E-state index contributed by atoms with van der Waals surface area (Å²) < 4.78 is 8.52. The smallest absolute Gasteiger partial charge is 0.263 e. The Labute approximate surface area is 133 Å². The lowest BCUT2D eigenvalue weighted by Crippen LogP contribution is -2.17. The fraction of sp³-hybridized carbons (Fsp3) is 0.467. The Bertz CT molecular complexity index is 628. The number of nitrogens with zero attached hydrogens (tertiary/aromatic N) is 1. The molecule has 0 bridgehead atoms. The second kappa shape index (κ2) is 5.94. The van der Waals surface area contributed by atoms with Crippen molar-refractivity contribution in [3.8, 4) is 0 Å². The number of ether oxygens (including phenoxy) is 1. The molecule has 0 unspecified atom stereocenters. The normalized spacial score (nSPS) is 24.1. The van der Waals surface area contributed by atoms with Crippen LogP contribution in [0.5, 0.6) is 0 Å². The first-order valence-electron chi connectivity index (χ1n) is 7.08. The van der Waals surface area contributed by atoms with E-state index in [1.807, 2.05) is 6.08 Å². The molecule has 6 heteroatoms. The molecule has 112 valence electrons. The van der Waals surface area contributed by atoms with Crippen molar-refractivity contribution in [1.82, 2.24) is 9.88 Å². The van der Waals surface area contributed by atoms with E-state index in [1.165, 1.54) is 23.1 Å². The van der Waals surface area contributed by atoms with Crippen molar-refractivity contribution < 1.29 is 9.53 Å². The third-order valence-electron chi connectivity index (χ3n) is 3.95. The maximum Gasteiger partial charge on any atom is 0.263 e. The van der Waals surface area contributed by atoms with E-state index >= 15 is 0 Å². The summed E-state index contributed by atoms with van der Waals surface area (Å²) in [4.78, 5) is 12.4. The molecule has 2 aliphatic heterocycles. The summed E-state index contributed by atoms with van der Waals surface area (Å²) in [6.07, 6.45) is 4.51. The second-order valence-electron chi connectivity index (χ2n) is 5.42. The van der Waals surface area contributed by atoms with Crippen molar-refractivity contribution in [2.45, 2.75) is 39.3 Å². The zero-order chi connectivity index (χ0) is 15.0. The highest BCUT2D eigenvalue weighted by molar-refractivity contribution is 8.26. The summed E-state index contributed by atoms with van der Waals surface area (Å²) in [5, 5.41) is 2.65. The number of carbonyl (C=O) groups excluding carboxylic acids is 1. The zero-order valence-corrected chi connectivity index (χ0v) is 13.8. The molecule has 3 rings (SSSR count). The van der Waals surface area contributed by atoms with Crippen molar-refractivity contribution in [2.24, 2.45) is 0 Å². The van der Waals surface area contributed by atoms with Crippen molar-refractivity contribution >= 4 is 40.3 Å². The average Bonchev–Trinajstić information content (AvgIpc) is 3.10. The molecule has 4 nitrogen and oxygen atoms in total. The van der Waals surface area contributed by atoms with Crippen LogP contribution in [-0.2, 0) is 16.1 Å². The van der Waals surface area contributed by atoms with E-state index in [4.69, 9.17) is 17.0 Å². The van der Waals surface area contributed by atoms with Crippen LogP contribution in [0.1, 0.15) is 29.8 Å². The molecule has 1 aromatic heterocycles. The van der Waals surface area contributed by atoms with Crippen LogP contribution in [0.15, 0.2) is 11.0 Å². The third-order valence-corrected chi connectivity index (χ3v) is 5.11. The minimum absolute atomic E-state index is 0.103. The number of carbonyl (C=O) groups is 1. The van der Waals surface area contributed by atoms with E-state index < -0.39 is 0 Å². The van der Waals surface area contributed by atoms with Gasteiger partial charge in [0, 0.05) is 24.5 Å². The fourth-order valence-electron chi connectivity index (χ4n) is 2.81. The summed E-state index contributed by atoms with van der Waals surface area (Å²) in [6, 6.07) is 2.12. The summed E-state index contributed by atoms with van der Waals surface area (Å²) in [5.41, 5.74) is 3.44. The van der Waals surface area contributed by atoms with Crippen LogP contribution in [0.3, 0.4) is 0 Å². The fourth-order valence-corrected chi connectivity index (χ4v) is 3.84. The lowest BCUT2D eigenvalue weighted by molar-refractivity contribution is -0.115. The average molecular weight is 322 g/mol. The highest BCUT2D eigenvalue weighted by Crippen LogP contribution is 2.28. The minimum Gasteiger partial charge on any atom is -0.376 e. The van der Waals surface area contributed by atoms with Crippen molar-refractivity contribution in [1.29, 1.82) is 0 Å². The van der Waals surface area contributed by atoms with Gasteiger partial charge in [0.25, 0.3) is 5.91 Å². The van der Waals surface area contributed by atoms with Gasteiger partial charge in [-0.15, -0.1) is 0 Å². The Hall–Kier alpha value is -1.11. The van der Waals surface area contributed by atoms with Gasteiger partial charge in [-0.1, -0.05) is 24.0 Å². The summed E-state index contributed by atoms with van der Waals surface area (Å²) >= 11 is 6.34. The van der Waals surface area contributed by atoms with Gasteiger partial charge in [0.2, 0.25) is 0 Å². The molecular formula is C15H18N2O2S2. The number of thiocarbonyl (C=S) groups is 1. The molecule has 1 atom stereocenters. The molecule has 21 heavy (non-hydrogen) atoms. The van der Waals surface area contributed by atoms with Gasteiger partial charge in [-0.25, -0.2) is 0 Å². The van der Waals surface area contributed by atoms with E-state index in [0.29, 0.717) is 15.3 Å². The molecule has 0 radical (unpaired) electrons. The SMILES string of the molecule is Cc1cc(/C=C2\SC(=S)NC2=O)c(C)n1C[C@@H]1CCCO1. The Kier molecular flexibility index (Phi) is 4.19. The maximum absolute atomic E-state index is 11.8. The quantitative estimate of drug-likeness (QED) is 0.686. The van der Waals surface area contributed by atoms with Crippen LogP contribution in [0.4, 0.5) is 0 Å². The highest BCUT2D eigenvalue weighted by atomic mass is 32.2. The van der Waals surface area contributed by atoms with Gasteiger partial charge < -0.3 is 14.6 Å². The summed E-state index contributed by atoms with van der Waals surface area (Å²) in [7, 11) is 0. The van der Waals surface area contributed by atoms with Gasteiger partial charge in [0.15, 0.2) is 0 Å². The number of aryl methyl sites for hydroxylation is 1. The molecule has 2 aliphatic rings. The summed E-state index contributed by atoms with van der Waals surface area (Å²) in [5.74, 6) is -0.103. The Morgan fingerprint density at radius 1 is 1.57 bits per heavy atom. The zero-order valence-electron chi connectivity index (χ0n) is 12.1. The Balaban J connectivity index is 1.85. The van der Waals surface area contributed by atoms with E-state index in [1.54, 1.807) is 0 Å². The summed E-state index contributed by atoms with van der Waals surface area (Å²) in [6.45, 7) is 5.94. The number of amides is 1. The van der Waals surface area contributed by atoms with Crippen LogP contribution in [-0.4, -0.2) is 27.5 Å². The molecule has 0 aromatic carbocycles. The molecule has 2 fully saturated rings. The first-order chi connectivity index (χ1) is 10.0. The van der Waals surface area contributed by atoms with E-state index in [0.717, 1.165) is 31.6 Å². The van der Waals surface area contributed by atoms with Gasteiger partial charge >= 0.3 is 0 Å². The van der Waals surface area contributed by atoms with Crippen LogP contribution in [0.25, 0.3) is 6.08 Å². The lowest BCUT2D eigenvalue weighted by atomic mass is 10.2. The maximum atomic E-state index is 11.8. The topological polar surface area (TPSA) is 43.3 Å². The molecule has 1 aromatic rings. The Morgan fingerprint density at radius 2 is 2.38 bits per heavy atom. The van der Waals surface area contributed by atoms with Crippen LogP contribution in [0.2, 0.25) is 0 Å². The van der Waals surface area contributed by atoms with Gasteiger partial charge in [0.05, 0.1) is 11.0 Å². The number of rotatable bonds is 3. The third kappa shape index (κ3) is 3.07. The predicted molar refractivity (Wildman–Crippen MR) is 89.2 cm³/mol. The lowest BCUT2D eigenvalue weighted by Gasteiger charge is -2.14. The van der Waals surface area contributed by atoms with Gasteiger partial charge in [-0.2, -0.15) is 0 Å². The molecule has 0 spiro atoms. The van der Waals surface area contributed by atoms with Gasteiger partial charge in [-0.05, 0) is 44.4 Å². The van der Waals surface area contributed by atoms with Gasteiger partial charge in [-0.3, -0.25) is 4.79 Å². The van der Waals surface area contributed by atoms with E-state index in [9.17, 15) is 4.79 Å². The monoisotopic (exact) mass is 322 g/mol. The first kappa shape index (κ1) is 14.8. The van der Waals surface area contributed by atoms with Crippen molar-refractivity contribution in [3.05, 3.63) is 27.9 Å². The van der Waals surface area contributed by atoms with Crippen molar-refractivity contribution in [2.75, 3.05) is 6.61 Å².